The SMILES string of the molecule is CCCC1(c2nc(CSC(C)C)no2)CCCN1. The fraction of sp³-hybridized carbons (Fsp3) is 0.846. The van der Waals surface area contributed by atoms with Gasteiger partial charge in [-0.25, -0.2) is 0 Å². The third-order valence-corrected chi connectivity index (χ3v) is 4.44. The molecule has 0 radical (unpaired) electrons. The molecule has 1 aromatic heterocycles. The van der Waals surface area contributed by atoms with Crippen molar-refractivity contribution in [3.05, 3.63) is 11.7 Å². The Labute approximate surface area is 113 Å². The third-order valence-electron chi connectivity index (χ3n) is 3.34. The molecule has 1 unspecified atom stereocenters. The summed E-state index contributed by atoms with van der Waals surface area (Å²) in [5, 5.41) is 8.27. The van der Waals surface area contributed by atoms with Crippen molar-refractivity contribution in [1.82, 2.24) is 15.5 Å². The van der Waals surface area contributed by atoms with Gasteiger partial charge in [0.05, 0.1) is 11.3 Å². The highest BCUT2D eigenvalue weighted by atomic mass is 32.2. The van der Waals surface area contributed by atoms with Crippen molar-refractivity contribution in [2.75, 3.05) is 6.54 Å². The van der Waals surface area contributed by atoms with Gasteiger partial charge in [0.1, 0.15) is 0 Å². The normalized spacial score (nSPS) is 24.0. The quantitative estimate of drug-likeness (QED) is 0.860. The van der Waals surface area contributed by atoms with Crippen LogP contribution in [-0.4, -0.2) is 21.9 Å². The van der Waals surface area contributed by atoms with E-state index in [1.165, 1.54) is 6.42 Å². The molecule has 1 saturated heterocycles. The number of aromatic nitrogens is 2. The van der Waals surface area contributed by atoms with Crippen LogP contribution in [0.2, 0.25) is 0 Å². The van der Waals surface area contributed by atoms with Crippen LogP contribution in [0.4, 0.5) is 0 Å². The molecule has 1 fully saturated rings. The minimum absolute atomic E-state index is 0.0531. The fourth-order valence-electron chi connectivity index (χ4n) is 2.48. The van der Waals surface area contributed by atoms with Crippen molar-refractivity contribution in [2.24, 2.45) is 0 Å². The molecule has 2 heterocycles. The minimum atomic E-state index is -0.0531. The average molecular weight is 269 g/mol. The van der Waals surface area contributed by atoms with Gasteiger partial charge >= 0.3 is 0 Å². The lowest BCUT2D eigenvalue weighted by atomic mass is 9.92. The molecular formula is C13H23N3OS. The smallest absolute Gasteiger partial charge is 0.246 e. The lowest BCUT2D eigenvalue weighted by Crippen LogP contribution is -2.37. The van der Waals surface area contributed by atoms with Crippen LogP contribution in [0.15, 0.2) is 4.52 Å². The van der Waals surface area contributed by atoms with E-state index < -0.39 is 0 Å². The molecule has 0 aliphatic carbocycles. The third kappa shape index (κ3) is 3.06. The summed E-state index contributed by atoms with van der Waals surface area (Å²) in [6, 6.07) is 0. The van der Waals surface area contributed by atoms with E-state index in [9.17, 15) is 0 Å². The summed E-state index contributed by atoms with van der Waals surface area (Å²) in [6.45, 7) is 7.62. The first-order valence-electron chi connectivity index (χ1n) is 6.86. The Morgan fingerprint density at radius 1 is 1.50 bits per heavy atom. The Hall–Kier alpha value is -0.550. The van der Waals surface area contributed by atoms with Crippen molar-refractivity contribution in [3.63, 3.8) is 0 Å². The Bertz CT molecular complexity index is 372. The Morgan fingerprint density at radius 2 is 2.33 bits per heavy atom. The number of nitrogens with one attached hydrogen (secondary N) is 1. The molecule has 0 spiro atoms. The first kappa shape index (κ1) is 13.9. The summed E-state index contributed by atoms with van der Waals surface area (Å²) in [5.74, 6) is 2.46. The number of nitrogens with zero attached hydrogens (tertiary/aromatic N) is 2. The molecule has 2 rings (SSSR count). The molecule has 0 aromatic carbocycles. The van der Waals surface area contributed by atoms with Crippen LogP contribution in [0.5, 0.6) is 0 Å². The van der Waals surface area contributed by atoms with Crippen LogP contribution in [0.3, 0.4) is 0 Å². The first-order valence-corrected chi connectivity index (χ1v) is 7.91. The maximum absolute atomic E-state index is 5.50. The number of hydrogen-bond donors (Lipinski definition) is 1. The van der Waals surface area contributed by atoms with E-state index >= 15 is 0 Å². The standard InChI is InChI=1S/C13H23N3OS/c1-4-6-13(7-5-8-14-13)12-15-11(16-17-12)9-18-10(2)3/h10,14H,4-9H2,1-3H3. The van der Waals surface area contributed by atoms with Gasteiger partial charge < -0.3 is 9.84 Å². The molecule has 1 aliphatic rings. The summed E-state index contributed by atoms with van der Waals surface area (Å²) in [4.78, 5) is 4.59. The molecule has 0 bridgehead atoms. The minimum Gasteiger partial charge on any atom is -0.337 e. The topological polar surface area (TPSA) is 51.0 Å². The zero-order valence-corrected chi connectivity index (χ0v) is 12.3. The zero-order chi connectivity index (χ0) is 13.0. The van der Waals surface area contributed by atoms with Crippen molar-refractivity contribution in [3.8, 4) is 0 Å². The molecule has 1 aromatic rings. The van der Waals surface area contributed by atoms with Gasteiger partial charge in [0.15, 0.2) is 5.82 Å². The number of rotatable bonds is 6. The second kappa shape index (κ2) is 6.06. The van der Waals surface area contributed by atoms with Crippen LogP contribution in [-0.2, 0) is 11.3 Å². The van der Waals surface area contributed by atoms with Gasteiger partial charge in [0, 0.05) is 0 Å². The van der Waals surface area contributed by atoms with Gasteiger partial charge in [-0.05, 0) is 31.1 Å². The van der Waals surface area contributed by atoms with E-state index in [0.717, 1.165) is 43.3 Å². The van der Waals surface area contributed by atoms with Gasteiger partial charge in [0.25, 0.3) is 0 Å². The molecule has 5 heteroatoms. The second-order valence-electron chi connectivity index (χ2n) is 5.24. The largest absolute Gasteiger partial charge is 0.337 e. The Morgan fingerprint density at radius 3 is 2.94 bits per heavy atom. The summed E-state index contributed by atoms with van der Waals surface area (Å²) < 4.78 is 5.50. The zero-order valence-electron chi connectivity index (χ0n) is 11.5. The van der Waals surface area contributed by atoms with E-state index in [1.807, 2.05) is 11.8 Å². The second-order valence-corrected chi connectivity index (χ2v) is 6.80. The Kier molecular flexibility index (Phi) is 4.67. The molecule has 1 aliphatic heterocycles. The Balaban J connectivity index is 2.07. The summed E-state index contributed by atoms with van der Waals surface area (Å²) >= 11 is 1.85. The number of hydrogen-bond acceptors (Lipinski definition) is 5. The molecule has 18 heavy (non-hydrogen) atoms. The summed E-state index contributed by atoms with van der Waals surface area (Å²) in [5.41, 5.74) is -0.0531. The van der Waals surface area contributed by atoms with Crippen LogP contribution >= 0.6 is 11.8 Å². The molecule has 4 nitrogen and oxygen atoms in total. The van der Waals surface area contributed by atoms with Crippen LogP contribution in [0.25, 0.3) is 0 Å². The lowest BCUT2D eigenvalue weighted by molar-refractivity contribution is 0.240. The molecular weight excluding hydrogens is 246 g/mol. The van der Waals surface area contributed by atoms with E-state index in [1.54, 1.807) is 0 Å². The van der Waals surface area contributed by atoms with Crippen molar-refractivity contribution < 1.29 is 4.52 Å². The van der Waals surface area contributed by atoms with E-state index in [2.05, 4.69) is 36.2 Å². The van der Waals surface area contributed by atoms with Crippen LogP contribution < -0.4 is 5.32 Å². The summed E-state index contributed by atoms with van der Waals surface area (Å²) in [6.07, 6.45) is 4.51. The van der Waals surface area contributed by atoms with Gasteiger partial charge in [-0.1, -0.05) is 32.3 Å². The van der Waals surface area contributed by atoms with Crippen LogP contribution in [0.1, 0.15) is 58.2 Å². The molecule has 102 valence electrons. The lowest BCUT2D eigenvalue weighted by Gasteiger charge is -2.24. The van der Waals surface area contributed by atoms with Crippen molar-refractivity contribution in [1.29, 1.82) is 0 Å². The predicted octanol–water partition coefficient (Wildman–Crippen LogP) is 3.09. The van der Waals surface area contributed by atoms with Gasteiger partial charge in [-0.2, -0.15) is 16.7 Å². The highest BCUT2D eigenvalue weighted by Crippen LogP contribution is 2.34. The average Bonchev–Trinajstić information content (AvgIpc) is 2.95. The monoisotopic (exact) mass is 269 g/mol. The maximum atomic E-state index is 5.50. The van der Waals surface area contributed by atoms with Crippen molar-refractivity contribution in [2.45, 2.75) is 63.0 Å². The fourth-order valence-corrected chi connectivity index (χ4v) is 3.08. The van der Waals surface area contributed by atoms with Gasteiger partial charge in [0.2, 0.25) is 5.89 Å². The predicted molar refractivity (Wildman–Crippen MR) is 74.6 cm³/mol. The van der Waals surface area contributed by atoms with Gasteiger partial charge in [-0.15, -0.1) is 0 Å². The van der Waals surface area contributed by atoms with E-state index in [0.29, 0.717) is 5.25 Å². The van der Waals surface area contributed by atoms with Gasteiger partial charge in [-0.3, -0.25) is 0 Å². The highest BCUT2D eigenvalue weighted by molar-refractivity contribution is 7.99. The van der Waals surface area contributed by atoms with Crippen LogP contribution in [0, 0.1) is 0 Å². The summed E-state index contributed by atoms with van der Waals surface area (Å²) in [7, 11) is 0. The molecule has 0 amide bonds. The molecule has 1 N–H and O–H groups in total. The maximum Gasteiger partial charge on any atom is 0.246 e. The van der Waals surface area contributed by atoms with E-state index in [4.69, 9.17) is 4.52 Å². The van der Waals surface area contributed by atoms with E-state index in [-0.39, 0.29) is 5.54 Å². The molecule has 0 saturated carbocycles. The first-order chi connectivity index (χ1) is 8.66. The molecule has 1 atom stereocenters. The highest BCUT2D eigenvalue weighted by Gasteiger charge is 2.39. The van der Waals surface area contributed by atoms with Crippen molar-refractivity contribution >= 4 is 11.8 Å². The number of thioether (sulfide) groups is 1.